The fraction of sp³-hybridized carbons (Fsp3) is 0.946. The lowest BCUT2D eigenvalue weighted by Crippen LogP contribution is -2.05. The summed E-state index contributed by atoms with van der Waals surface area (Å²) in [6.45, 7) is 9.76. The van der Waals surface area contributed by atoms with Crippen LogP contribution in [0.15, 0.2) is 0 Å². The topological polar surface area (TPSA) is 52.6 Å². The number of carbonyl (C=O) groups is 2. The molecule has 0 amide bonds. The van der Waals surface area contributed by atoms with E-state index in [0.717, 1.165) is 19.3 Å². The summed E-state index contributed by atoms with van der Waals surface area (Å²) >= 11 is 0. The van der Waals surface area contributed by atoms with Crippen LogP contribution in [0.5, 0.6) is 0 Å². The van der Waals surface area contributed by atoms with Crippen molar-refractivity contribution < 1.29 is 19.1 Å². The van der Waals surface area contributed by atoms with Crippen LogP contribution < -0.4 is 0 Å². The number of hydrogen-bond acceptors (Lipinski definition) is 4. The van der Waals surface area contributed by atoms with Gasteiger partial charge in [0.05, 0.1) is 13.2 Å². The smallest absolute Gasteiger partial charge is 0.305 e. The number of unbranched alkanes of at least 4 members (excludes halogenated alkanes) is 24. The van der Waals surface area contributed by atoms with E-state index in [1.807, 2.05) is 6.92 Å². The van der Waals surface area contributed by atoms with Crippen molar-refractivity contribution in [2.75, 3.05) is 13.2 Å². The van der Waals surface area contributed by atoms with E-state index in [4.69, 9.17) is 9.47 Å². The molecule has 0 fully saturated rings. The van der Waals surface area contributed by atoms with Crippen molar-refractivity contribution in [3.8, 4) is 0 Å². The first kappa shape index (κ1) is 42.1. The summed E-state index contributed by atoms with van der Waals surface area (Å²) in [5.74, 6) is -0.0207. The van der Waals surface area contributed by atoms with Gasteiger partial charge in [-0.2, -0.15) is 0 Å². The van der Waals surface area contributed by atoms with Crippen LogP contribution in [0.25, 0.3) is 0 Å². The van der Waals surface area contributed by atoms with Crippen LogP contribution >= 0.6 is 0 Å². The highest BCUT2D eigenvalue weighted by molar-refractivity contribution is 5.69. The third-order valence-electron chi connectivity index (χ3n) is 7.79. The summed E-state index contributed by atoms with van der Waals surface area (Å²) in [6, 6.07) is 0. The Bertz CT molecular complexity index is 505. The summed E-state index contributed by atoms with van der Waals surface area (Å²) in [7, 11) is 0. The summed E-state index contributed by atoms with van der Waals surface area (Å²) in [5.41, 5.74) is 0. The molecule has 0 saturated carbocycles. The quantitative estimate of drug-likeness (QED) is 0.0602. The maximum atomic E-state index is 11.6. The van der Waals surface area contributed by atoms with E-state index in [1.165, 1.54) is 154 Å². The van der Waals surface area contributed by atoms with Gasteiger partial charge in [0.25, 0.3) is 0 Å². The van der Waals surface area contributed by atoms with Crippen molar-refractivity contribution in [3.63, 3.8) is 0 Å². The second kappa shape index (κ2) is 38.9. The van der Waals surface area contributed by atoms with Gasteiger partial charge in [-0.1, -0.05) is 175 Å². The molecule has 41 heavy (non-hydrogen) atoms. The summed E-state index contributed by atoms with van der Waals surface area (Å²) in [6.07, 6.45) is 36.2. The molecule has 0 atom stereocenters. The Morgan fingerprint density at radius 3 is 0.927 bits per heavy atom. The molecule has 0 radical (unpaired) electrons. The lowest BCUT2D eigenvalue weighted by atomic mass is 10.1. The molecule has 0 N–H and O–H groups in total. The van der Waals surface area contributed by atoms with E-state index >= 15 is 0 Å². The maximum absolute atomic E-state index is 11.6. The molecular formula is C37H74O4. The maximum Gasteiger partial charge on any atom is 0.305 e. The molecule has 4 heteroatoms. The largest absolute Gasteiger partial charge is 0.466 e. The van der Waals surface area contributed by atoms with Crippen molar-refractivity contribution in [1.82, 2.24) is 0 Å². The summed E-state index contributed by atoms with van der Waals surface area (Å²) < 4.78 is 10.2. The molecule has 0 unspecified atom stereocenters. The van der Waals surface area contributed by atoms with Gasteiger partial charge in [0.2, 0.25) is 0 Å². The molecular weight excluding hydrogens is 508 g/mol. The molecule has 0 aromatic rings. The Labute approximate surface area is 257 Å². The van der Waals surface area contributed by atoms with Crippen LogP contribution in [-0.4, -0.2) is 25.2 Å². The molecule has 4 nitrogen and oxygen atoms in total. The zero-order valence-corrected chi connectivity index (χ0v) is 28.6. The lowest BCUT2D eigenvalue weighted by molar-refractivity contribution is -0.144. The minimum Gasteiger partial charge on any atom is -0.466 e. The molecule has 0 rings (SSSR count). The van der Waals surface area contributed by atoms with E-state index in [1.54, 1.807) is 0 Å². The molecule has 0 saturated heterocycles. The Hall–Kier alpha value is -1.06. The van der Waals surface area contributed by atoms with Crippen LogP contribution in [0.1, 0.15) is 214 Å². The van der Waals surface area contributed by atoms with Crippen LogP contribution in [0.3, 0.4) is 0 Å². The Morgan fingerprint density at radius 2 is 0.610 bits per heavy atom. The zero-order chi connectivity index (χ0) is 30.5. The van der Waals surface area contributed by atoms with Crippen LogP contribution in [0.2, 0.25) is 0 Å². The molecule has 246 valence electrons. The third-order valence-corrected chi connectivity index (χ3v) is 7.79. The number of esters is 2. The van der Waals surface area contributed by atoms with E-state index in [9.17, 15) is 9.59 Å². The van der Waals surface area contributed by atoms with Gasteiger partial charge in [-0.15, -0.1) is 0 Å². The molecule has 0 heterocycles. The predicted molar refractivity (Wildman–Crippen MR) is 179 cm³/mol. The molecule has 0 aliphatic heterocycles. The van der Waals surface area contributed by atoms with Gasteiger partial charge in [0.15, 0.2) is 0 Å². The zero-order valence-electron chi connectivity index (χ0n) is 28.6. The molecule has 0 aromatic carbocycles. The van der Waals surface area contributed by atoms with Crippen molar-refractivity contribution in [3.05, 3.63) is 0 Å². The highest BCUT2D eigenvalue weighted by Gasteiger charge is 2.03. The number of rotatable bonds is 31. The highest BCUT2D eigenvalue weighted by atomic mass is 16.5. The minimum absolute atomic E-state index is 0.0144. The van der Waals surface area contributed by atoms with Gasteiger partial charge in [-0.05, 0) is 26.2 Å². The van der Waals surface area contributed by atoms with Crippen molar-refractivity contribution in [1.29, 1.82) is 0 Å². The highest BCUT2D eigenvalue weighted by Crippen LogP contribution is 2.13. The second-order valence-electron chi connectivity index (χ2n) is 12.0. The number of carbonyl (C=O) groups excluding carboxylic acids is 2. The molecule has 0 bridgehead atoms. The summed E-state index contributed by atoms with van der Waals surface area (Å²) in [4.78, 5) is 22.7. The fourth-order valence-corrected chi connectivity index (χ4v) is 5.06. The number of ether oxygens (including phenoxy) is 2. The second-order valence-corrected chi connectivity index (χ2v) is 12.0. The molecule has 0 aliphatic rings. The molecule has 0 spiro atoms. The van der Waals surface area contributed by atoms with E-state index in [0.29, 0.717) is 26.1 Å². The van der Waals surface area contributed by atoms with E-state index in [2.05, 4.69) is 20.8 Å². The van der Waals surface area contributed by atoms with Crippen LogP contribution in [0.4, 0.5) is 0 Å². The average Bonchev–Trinajstić information content (AvgIpc) is 2.97. The third kappa shape index (κ3) is 41.1. The molecule has 0 aliphatic carbocycles. The lowest BCUT2D eigenvalue weighted by Gasteiger charge is -2.05. The number of hydrogen-bond donors (Lipinski definition) is 0. The van der Waals surface area contributed by atoms with E-state index in [-0.39, 0.29) is 11.9 Å². The Kier molecular flexibility index (Phi) is 40.0. The minimum atomic E-state index is -0.0351. The first-order valence-corrected chi connectivity index (χ1v) is 18.4. The summed E-state index contributed by atoms with van der Waals surface area (Å²) in [5, 5.41) is 0. The van der Waals surface area contributed by atoms with Crippen LogP contribution in [-0.2, 0) is 19.1 Å². The molecule has 0 aromatic heterocycles. The SMILES string of the molecule is CCCCCCCCCCCCC(=O)OCC.CCCCCCCCCCCCC(=O)OCCCCCCCCC. The van der Waals surface area contributed by atoms with E-state index < -0.39 is 0 Å². The van der Waals surface area contributed by atoms with Crippen molar-refractivity contribution >= 4 is 11.9 Å². The van der Waals surface area contributed by atoms with Gasteiger partial charge in [-0.25, -0.2) is 0 Å². The first-order chi connectivity index (χ1) is 20.1. The fourth-order valence-electron chi connectivity index (χ4n) is 5.06. The van der Waals surface area contributed by atoms with Gasteiger partial charge < -0.3 is 9.47 Å². The first-order valence-electron chi connectivity index (χ1n) is 18.4. The van der Waals surface area contributed by atoms with Crippen LogP contribution in [0, 0.1) is 0 Å². The Morgan fingerprint density at radius 1 is 0.341 bits per heavy atom. The van der Waals surface area contributed by atoms with Crippen molar-refractivity contribution in [2.24, 2.45) is 0 Å². The monoisotopic (exact) mass is 583 g/mol. The standard InChI is InChI=1S/C22H44O2.C15H30O2/c1-3-5-7-9-11-12-13-14-16-18-20-22(23)24-21-19-17-15-10-8-6-4-2;1-3-5-6-7-8-9-10-11-12-13-14-15(16)17-4-2/h3-21H2,1-2H3;3-14H2,1-2H3. The van der Waals surface area contributed by atoms with Gasteiger partial charge in [0.1, 0.15) is 0 Å². The van der Waals surface area contributed by atoms with Crippen molar-refractivity contribution in [2.45, 2.75) is 214 Å². The van der Waals surface area contributed by atoms with Gasteiger partial charge in [0, 0.05) is 12.8 Å². The van der Waals surface area contributed by atoms with Gasteiger partial charge in [-0.3, -0.25) is 9.59 Å². The average molecular weight is 583 g/mol. The normalized spacial score (nSPS) is 10.7. The Balaban J connectivity index is 0. The van der Waals surface area contributed by atoms with Gasteiger partial charge >= 0.3 is 11.9 Å². The predicted octanol–water partition coefficient (Wildman–Crippen LogP) is 12.5.